The Morgan fingerprint density at radius 3 is 2.89 bits per heavy atom. The van der Waals surface area contributed by atoms with Crippen molar-refractivity contribution >= 4 is 5.91 Å². The first-order valence-corrected chi connectivity index (χ1v) is 7.27. The van der Waals surface area contributed by atoms with Gasteiger partial charge >= 0.3 is 0 Å². The van der Waals surface area contributed by atoms with Crippen molar-refractivity contribution < 1.29 is 4.79 Å². The van der Waals surface area contributed by atoms with Crippen LogP contribution in [0.1, 0.15) is 56.8 Å². The number of rotatable bonds is 2. The average molecular weight is 261 g/mol. The van der Waals surface area contributed by atoms with E-state index in [0.717, 1.165) is 37.8 Å². The summed E-state index contributed by atoms with van der Waals surface area (Å²) in [5.74, 6) is 0.457. The lowest BCUT2D eigenvalue weighted by molar-refractivity contribution is -0.132. The average Bonchev–Trinajstić information content (AvgIpc) is 2.67. The first kappa shape index (κ1) is 12.7. The maximum absolute atomic E-state index is 12.3. The number of aryl methyl sites for hydroxylation is 2. The molecule has 1 unspecified atom stereocenters. The Morgan fingerprint density at radius 1 is 1.47 bits per heavy atom. The Kier molecular flexibility index (Phi) is 2.91. The minimum atomic E-state index is 0.175. The minimum Gasteiger partial charge on any atom is -0.349 e. The predicted octanol–water partition coefficient (Wildman–Crippen LogP) is 2.35. The zero-order chi connectivity index (χ0) is 13.6. The van der Waals surface area contributed by atoms with Crippen molar-refractivity contribution in [3.8, 4) is 0 Å². The highest BCUT2D eigenvalue weighted by atomic mass is 16.2. The molecular weight excluding hydrogens is 238 g/mol. The summed E-state index contributed by atoms with van der Waals surface area (Å²) in [6.07, 6.45) is 7.30. The van der Waals surface area contributed by atoms with Crippen LogP contribution in [0.4, 0.5) is 0 Å². The molecule has 1 fully saturated rings. The van der Waals surface area contributed by atoms with Gasteiger partial charge in [-0.05, 0) is 37.5 Å². The van der Waals surface area contributed by atoms with Crippen molar-refractivity contribution in [2.75, 3.05) is 0 Å². The summed E-state index contributed by atoms with van der Waals surface area (Å²) >= 11 is 0. The van der Waals surface area contributed by atoms with E-state index >= 15 is 0 Å². The number of hydrogen-bond donors (Lipinski definition) is 1. The SMILES string of the molecule is Cn1cc2c(n1)CCCC2NC(=O)C1CC(C)(C)C1. The predicted molar refractivity (Wildman–Crippen MR) is 73.5 cm³/mol. The molecule has 1 atom stereocenters. The lowest BCUT2D eigenvalue weighted by atomic mass is 9.64. The van der Waals surface area contributed by atoms with Crippen LogP contribution in [-0.4, -0.2) is 15.7 Å². The van der Waals surface area contributed by atoms with Gasteiger partial charge in [0.1, 0.15) is 0 Å². The van der Waals surface area contributed by atoms with E-state index in [-0.39, 0.29) is 17.9 Å². The number of nitrogens with one attached hydrogen (secondary N) is 1. The summed E-state index contributed by atoms with van der Waals surface area (Å²) in [5, 5.41) is 7.71. The Bertz CT molecular complexity index is 495. The Labute approximate surface area is 114 Å². The number of fused-ring (bicyclic) bond motifs is 1. The van der Waals surface area contributed by atoms with Gasteiger partial charge in [-0.1, -0.05) is 13.8 Å². The van der Waals surface area contributed by atoms with Gasteiger partial charge in [0.15, 0.2) is 0 Å². The third kappa shape index (κ3) is 2.40. The summed E-state index contributed by atoms with van der Waals surface area (Å²) in [7, 11) is 1.95. The van der Waals surface area contributed by atoms with Gasteiger partial charge in [-0.2, -0.15) is 5.10 Å². The van der Waals surface area contributed by atoms with E-state index in [9.17, 15) is 4.79 Å². The fourth-order valence-corrected chi connectivity index (χ4v) is 3.57. The largest absolute Gasteiger partial charge is 0.349 e. The van der Waals surface area contributed by atoms with Gasteiger partial charge in [-0.15, -0.1) is 0 Å². The van der Waals surface area contributed by atoms with Crippen LogP contribution in [0, 0.1) is 11.3 Å². The summed E-state index contributed by atoms with van der Waals surface area (Å²) < 4.78 is 1.86. The zero-order valence-electron chi connectivity index (χ0n) is 12.1. The smallest absolute Gasteiger partial charge is 0.223 e. The highest BCUT2D eigenvalue weighted by Crippen LogP contribution is 2.45. The Hall–Kier alpha value is -1.32. The Balaban J connectivity index is 1.66. The first-order chi connectivity index (χ1) is 8.94. The fourth-order valence-electron chi connectivity index (χ4n) is 3.57. The molecule has 0 bridgehead atoms. The van der Waals surface area contributed by atoms with E-state index in [1.807, 2.05) is 11.7 Å². The number of hydrogen-bond acceptors (Lipinski definition) is 2. The highest BCUT2D eigenvalue weighted by molar-refractivity contribution is 5.80. The second kappa shape index (κ2) is 4.36. The molecule has 1 aromatic rings. The normalized spacial score (nSPS) is 25.5. The summed E-state index contributed by atoms with van der Waals surface area (Å²) in [4.78, 5) is 12.3. The van der Waals surface area contributed by atoms with E-state index in [1.165, 1.54) is 5.56 Å². The molecular formula is C15H23N3O. The van der Waals surface area contributed by atoms with E-state index in [1.54, 1.807) is 0 Å². The van der Waals surface area contributed by atoms with Crippen LogP contribution in [0.15, 0.2) is 6.20 Å². The maximum Gasteiger partial charge on any atom is 0.223 e. The molecule has 1 heterocycles. The van der Waals surface area contributed by atoms with Crippen LogP contribution in [-0.2, 0) is 18.3 Å². The lowest BCUT2D eigenvalue weighted by Gasteiger charge is -2.42. The standard InChI is InChI=1S/C15H23N3O/c1-15(2)7-10(8-15)14(19)16-12-5-4-6-13-11(12)9-18(3)17-13/h9-10,12H,4-8H2,1-3H3,(H,16,19). The quantitative estimate of drug-likeness (QED) is 0.888. The van der Waals surface area contributed by atoms with Crippen LogP contribution in [0.5, 0.6) is 0 Å². The molecule has 4 nitrogen and oxygen atoms in total. The molecule has 2 aliphatic rings. The van der Waals surface area contributed by atoms with E-state index in [2.05, 4.69) is 30.5 Å². The molecule has 0 aliphatic heterocycles. The molecule has 4 heteroatoms. The number of carbonyl (C=O) groups is 1. The van der Waals surface area contributed by atoms with Gasteiger partial charge in [-0.25, -0.2) is 0 Å². The third-order valence-corrected chi connectivity index (χ3v) is 4.50. The van der Waals surface area contributed by atoms with Gasteiger partial charge in [0.05, 0.1) is 11.7 Å². The molecule has 104 valence electrons. The van der Waals surface area contributed by atoms with Crippen molar-refractivity contribution in [2.45, 2.75) is 52.0 Å². The number of nitrogens with zero attached hydrogens (tertiary/aromatic N) is 2. The van der Waals surface area contributed by atoms with Crippen molar-refractivity contribution in [1.82, 2.24) is 15.1 Å². The maximum atomic E-state index is 12.3. The molecule has 1 saturated carbocycles. The van der Waals surface area contributed by atoms with Gasteiger partial charge in [-0.3, -0.25) is 9.48 Å². The molecule has 0 saturated heterocycles. The lowest BCUT2D eigenvalue weighted by Crippen LogP contribution is -2.44. The molecule has 2 aliphatic carbocycles. The molecule has 19 heavy (non-hydrogen) atoms. The fraction of sp³-hybridized carbons (Fsp3) is 0.733. The third-order valence-electron chi connectivity index (χ3n) is 4.50. The minimum absolute atomic E-state index is 0.175. The Morgan fingerprint density at radius 2 is 2.21 bits per heavy atom. The van der Waals surface area contributed by atoms with Crippen LogP contribution >= 0.6 is 0 Å². The summed E-state index contributed by atoms with van der Waals surface area (Å²) in [6, 6.07) is 0.175. The number of carbonyl (C=O) groups excluding carboxylic acids is 1. The molecule has 1 aromatic heterocycles. The molecule has 1 N–H and O–H groups in total. The molecule has 1 amide bonds. The highest BCUT2D eigenvalue weighted by Gasteiger charge is 2.41. The van der Waals surface area contributed by atoms with Crippen molar-refractivity contribution in [1.29, 1.82) is 0 Å². The van der Waals surface area contributed by atoms with E-state index in [0.29, 0.717) is 5.41 Å². The second-order valence-electron chi connectivity index (χ2n) is 6.93. The second-order valence-corrected chi connectivity index (χ2v) is 6.93. The van der Waals surface area contributed by atoms with Crippen molar-refractivity contribution in [3.63, 3.8) is 0 Å². The zero-order valence-corrected chi connectivity index (χ0v) is 12.1. The van der Waals surface area contributed by atoms with Gasteiger partial charge in [0, 0.05) is 24.7 Å². The molecule has 0 radical (unpaired) electrons. The van der Waals surface area contributed by atoms with Gasteiger partial charge in [0.25, 0.3) is 0 Å². The van der Waals surface area contributed by atoms with Gasteiger partial charge in [0.2, 0.25) is 5.91 Å². The van der Waals surface area contributed by atoms with E-state index < -0.39 is 0 Å². The molecule has 3 rings (SSSR count). The topological polar surface area (TPSA) is 46.9 Å². The monoisotopic (exact) mass is 261 g/mol. The van der Waals surface area contributed by atoms with Crippen molar-refractivity contribution in [3.05, 3.63) is 17.5 Å². The van der Waals surface area contributed by atoms with Crippen molar-refractivity contribution in [2.24, 2.45) is 18.4 Å². The summed E-state index contributed by atoms with van der Waals surface area (Å²) in [6.45, 7) is 4.47. The molecule has 0 spiro atoms. The number of aromatic nitrogens is 2. The van der Waals surface area contributed by atoms with Gasteiger partial charge < -0.3 is 5.32 Å². The summed E-state index contributed by atoms with van der Waals surface area (Å²) in [5.41, 5.74) is 2.74. The van der Waals surface area contributed by atoms with Crippen LogP contribution < -0.4 is 5.32 Å². The van der Waals surface area contributed by atoms with E-state index in [4.69, 9.17) is 0 Å². The van der Waals surface area contributed by atoms with Crippen LogP contribution in [0.3, 0.4) is 0 Å². The first-order valence-electron chi connectivity index (χ1n) is 7.27. The molecule has 0 aromatic carbocycles. The van der Waals surface area contributed by atoms with Crippen LogP contribution in [0.2, 0.25) is 0 Å². The number of amides is 1. The van der Waals surface area contributed by atoms with Crippen LogP contribution in [0.25, 0.3) is 0 Å².